The van der Waals surface area contributed by atoms with Crippen molar-refractivity contribution in [2.75, 3.05) is 20.3 Å². The van der Waals surface area contributed by atoms with Gasteiger partial charge in [0.1, 0.15) is 12.4 Å². The number of ether oxygens (including phenoxy) is 2. The number of rotatable bonds is 8. The second kappa shape index (κ2) is 6.38. The van der Waals surface area contributed by atoms with Gasteiger partial charge in [-0.2, -0.15) is 0 Å². The molecule has 0 bridgehead atoms. The fourth-order valence-corrected chi connectivity index (χ4v) is 1.70. The van der Waals surface area contributed by atoms with Crippen LogP contribution in [-0.4, -0.2) is 31.2 Å². The van der Waals surface area contributed by atoms with E-state index in [0.717, 1.165) is 5.57 Å². The number of hydrogen-bond acceptors (Lipinski definition) is 5. The van der Waals surface area contributed by atoms with Gasteiger partial charge in [-0.3, -0.25) is 10.1 Å². The van der Waals surface area contributed by atoms with Crippen LogP contribution in [0.15, 0.2) is 30.4 Å². The summed E-state index contributed by atoms with van der Waals surface area (Å²) in [5.41, 5.74) is 0.759. The highest BCUT2D eigenvalue weighted by Crippen LogP contribution is 2.31. The maximum atomic E-state index is 11.0. The van der Waals surface area contributed by atoms with Crippen LogP contribution in [0.4, 0.5) is 5.69 Å². The molecule has 0 aliphatic heterocycles. The molecule has 1 aliphatic rings. The Kier molecular flexibility index (Phi) is 4.57. The van der Waals surface area contributed by atoms with E-state index in [9.17, 15) is 10.1 Å². The Morgan fingerprint density at radius 1 is 1.55 bits per heavy atom. The van der Waals surface area contributed by atoms with Gasteiger partial charge in [-0.1, -0.05) is 6.58 Å². The van der Waals surface area contributed by atoms with Crippen LogP contribution in [0.5, 0.6) is 11.5 Å². The number of benzene rings is 1. The molecular weight excluding hydrogens is 260 g/mol. The Bertz CT molecular complexity index is 512. The van der Waals surface area contributed by atoms with E-state index in [1.54, 1.807) is 12.1 Å². The summed E-state index contributed by atoms with van der Waals surface area (Å²) in [6.45, 7) is 4.83. The molecule has 1 aromatic rings. The number of nitrogens with zero attached hydrogens (tertiary/aromatic N) is 1. The summed E-state index contributed by atoms with van der Waals surface area (Å²) in [5.74, 6) is 0.654. The Balaban J connectivity index is 1.93. The first-order valence-electron chi connectivity index (χ1n) is 6.45. The molecular formula is C14H18N2O4. The lowest BCUT2D eigenvalue weighted by Crippen LogP contribution is -2.21. The van der Waals surface area contributed by atoms with Crippen molar-refractivity contribution in [2.45, 2.75) is 18.9 Å². The third kappa shape index (κ3) is 3.96. The van der Waals surface area contributed by atoms with Gasteiger partial charge in [0.15, 0.2) is 5.75 Å². The van der Waals surface area contributed by atoms with Crippen molar-refractivity contribution < 1.29 is 14.4 Å². The van der Waals surface area contributed by atoms with Crippen molar-refractivity contribution in [3.8, 4) is 11.5 Å². The standard InChI is InChI=1S/C14H18N2O4/c1-10(8-15-11-3-4-11)9-20-14-6-5-12(19-2)7-13(14)16(17)18/h5-7,11,15H,1,3-4,8-9H2,2H3. The van der Waals surface area contributed by atoms with Crippen molar-refractivity contribution in [3.63, 3.8) is 0 Å². The highest BCUT2D eigenvalue weighted by molar-refractivity contribution is 5.51. The predicted molar refractivity (Wildman–Crippen MR) is 75.3 cm³/mol. The van der Waals surface area contributed by atoms with Crippen LogP contribution in [0, 0.1) is 10.1 Å². The third-order valence-electron chi connectivity index (χ3n) is 3.01. The molecule has 0 heterocycles. The van der Waals surface area contributed by atoms with E-state index in [4.69, 9.17) is 9.47 Å². The number of methoxy groups -OCH3 is 1. The van der Waals surface area contributed by atoms with Gasteiger partial charge in [-0.15, -0.1) is 0 Å². The van der Waals surface area contributed by atoms with Crippen molar-refractivity contribution >= 4 is 5.69 Å². The van der Waals surface area contributed by atoms with Gasteiger partial charge in [0.25, 0.3) is 0 Å². The Morgan fingerprint density at radius 3 is 2.90 bits per heavy atom. The van der Waals surface area contributed by atoms with Crippen LogP contribution in [-0.2, 0) is 0 Å². The third-order valence-corrected chi connectivity index (χ3v) is 3.01. The monoisotopic (exact) mass is 278 g/mol. The normalized spacial score (nSPS) is 13.8. The molecule has 1 aromatic carbocycles. The summed E-state index contributed by atoms with van der Waals surface area (Å²) in [7, 11) is 1.46. The first kappa shape index (κ1) is 14.3. The van der Waals surface area contributed by atoms with Gasteiger partial charge in [0, 0.05) is 12.6 Å². The number of hydrogen-bond donors (Lipinski definition) is 1. The molecule has 0 aromatic heterocycles. The quantitative estimate of drug-likeness (QED) is 0.448. The molecule has 0 amide bonds. The molecule has 1 fully saturated rings. The summed E-state index contributed by atoms with van der Waals surface area (Å²) in [5, 5.41) is 14.3. The molecule has 2 rings (SSSR count). The predicted octanol–water partition coefficient (Wildman–Crippen LogP) is 2.29. The lowest BCUT2D eigenvalue weighted by atomic mass is 10.2. The smallest absolute Gasteiger partial charge is 0.314 e. The van der Waals surface area contributed by atoms with Gasteiger partial charge in [-0.05, 0) is 30.5 Å². The lowest BCUT2D eigenvalue weighted by Gasteiger charge is -2.10. The van der Waals surface area contributed by atoms with Crippen molar-refractivity contribution in [1.29, 1.82) is 0 Å². The summed E-state index contributed by atoms with van der Waals surface area (Å²) in [6.07, 6.45) is 2.41. The zero-order valence-corrected chi connectivity index (χ0v) is 11.4. The zero-order valence-electron chi connectivity index (χ0n) is 11.4. The van der Waals surface area contributed by atoms with E-state index >= 15 is 0 Å². The van der Waals surface area contributed by atoms with E-state index in [1.807, 2.05) is 0 Å². The average molecular weight is 278 g/mol. The van der Waals surface area contributed by atoms with Crippen LogP contribution >= 0.6 is 0 Å². The van der Waals surface area contributed by atoms with Gasteiger partial charge in [0.05, 0.1) is 18.1 Å². The molecule has 1 saturated carbocycles. The van der Waals surface area contributed by atoms with E-state index in [1.165, 1.54) is 26.0 Å². The fourth-order valence-electron chi connectivity index (χ4n) is 1.70. The molecule has 0 spiro atoms. The molecule has 6 nitrogen and oxygen atoms in total. The number of nitro groups is 1. The van der Waals surface area contributed by atoms with Gasteiger partial charge in [-0.25, -0.2) is 0 Å². The van der Waals surface area contributed by atoms with Crippen LogP contribution in [0.2, 0.25) is 0 Å². The molecule has 6 heteroatoms. The molecule has 20 heavy (non-hydrogen) atoms. The SMILES string of the molecule is C=C(CNC1CC1)COc1ccc(OC)cc1[N+](=O)[O-]. The molecule has 0 atom stereocenters. The van der Waals surface area contributed by atoms with Crippen LogP contribution < -0.4 is 14.8 Å². The zero-order chi connectivity index (χ0) is 14.5. The summed E-state index contributed by atoms with van der Waals surface area (Å²) >= 11 is 0. The van der Waals surface area contributed by atoms with E-state index < -0.39 is 4.92 Å². The van der Waals surface area contributed by atoms with Crippen LogP contribution in [0.3, 0.4) is 0 Å². The Morgan fingerprint density at radius 2 is 2.30 bits per heavy atom. The van der Waals surface area contributed by atoms with Gasteiger partial charge < -0.3 is 14.8 Å². The van der Waals surface area contributed by atoms with E-state index in [2.05, 4.69) is 11.9 Å². The minimum absolute atomic E-state index is 0.104. The molecule has 0 radical (unpaired) electrons. The average Bonchev–Trinajstić information content (AvgIpc) is 3.26. The summed E-state index contributed by atoms with van der Waals surface area (Å²) < 4.78 is 10.4. The molecule has 1 aliphatic carbocycles. The minimum atomic E-state index is -0.483. The fraction of sp³-hybridized carbons (Fsp3) is 0.429. The number of nitrogens with one attached hydrogen (secondary N) is 1. The molecule has 1 N–H and O–H groups in total. The highest BCUT2D eigenvalue weighted by Gasteiger charge is 2.20. The molecule has 0 saturated heterocycles. The van der Waals surface area contributed by atoms with Gasteiger partial charge in [0.2, 0.25) is 0 Å². The number of nitro benzene ring substituents is 1. The van der Waals surface area contributed by atoms with Crippen LogP contribution in [0.25, 0.3) is 0 Å². The Labute approximate surface area is 117 Å². The molecule has 108 valence electrons. The second-order valence-corrected chi connectivity index (χ2v) is 4.78. The van der Waals surface area contributed by atoms with Crippen LogP contribution in [0.1, 0.15) is 12.8 Å². The second-order valence-electron chi connectivity index (χ2n) is 4.78. The van der Waals surface area contributed by atoms with Crippen molar-refractivity contribution in [2.24, 2.45) is 0 Å². The first-order chi connectivity index (χ1) is 9.60. The first-order valence-corrected chi connectivity index (χ1v) is 6.45. The molecule has 0 unspecified atom stereocenters. The summed E-state index contributed by atoms with van der Waals surface area (Å²) in [6, 6.07) is 5.12. The highest BCUT2D eigenvalue weighted by atomic mass is 16.6. The van der Waals surface area contributed by atoms with Crippen molar-refractivity contribution in [3.05, 3.63) is 40.5 Å². The minimum Gasteiger partial charge on any atom is -0.496 e. The van der Waals surface area contributed by atoms with E-state index in [0.29, 0.717) is 18.3 Å². The van der Waals surface area contributed by atoms with Gasteiger partial charge >= 0.3 is 5.69 Å². The summed E-state index contributed by atoms with van der Waals surface area (Å²) in [4.78, 5) is 10.5. The largest absolute Gasteiger partial charge is 0.496 e. The Hall–Kier alpha value is -2.08. The maximum Gasteiger partial charge on any atom is 0.314 e. The lowest BCUT2D eigenvalue weighted by molar-refractivity contribution is -0.385. The maximum absolute atomic E-state index is 11.0. The van der Waals surface area contributed by atoms with E-state index in [-0.39, 0.29) is 18.0 Å². The van der Waals surface area contributed by atoms with Crippen molar-refractivity contribution in [1.82, 2.24) is 5.32 Å². The topological polar surface area (TPSA) is 73.6 Å².